The number of aromatic nitrogens is 3. The van der Waals surface area contributed by atoms with E-state index >= 15 is 0 Å². The van der Waals surface area contributed by atoms with Gasteiger partial charge in [0.2, 0.25) is 0 Å². The third-order valence-electron chi connectivity index (χ3n) is 1.53. The van der Waals surface area contributed by atoms with E-state index in [1.165, 1.54) is 12.4 Å². The molecule has 0 aliphatic heterocycles. The van der Waals surface area contributed by atoms with Crippen LogP contribution in [0.25, 0.3) is 0 Å². The Labute approximate surface area is 74.0 Å². The molecule has 2 rings (SSSR count). The quantitative estimate of drug-likeness (QED) is 0.698. The molecule has 0 bridgehead atoms. The van der Waals surface area contributed by atoms with E-state index in [1.807, 2.05) is 24.5 Å². The molecule has 0 spiro atoms. The van der Waals surface area contributed by atoms with Crippen molar-refractivity contribution < 1.29 is 0 Å². The summed E-state index contributed by atoms with van der Waals surface area (Å²) in [5, 5.41) is 0. The van der Waals surface area contributed by atoms with E-state index in [9.17, 15) is 4.79 Å². The lowest BCUT2D eigenvalue weighted by Crippen LogP contribution is -2.12. The molecule has 5 nitrogen and oxygen atoms in total. The number of aromatic amines is 1. The minimum Gasteiger partial charge on any atom is -0.313 e. The first-order valence-corrected chi connectivity index (χ1v) is 3.79. The van der Waals surface area contributed by atoms with Crippen LogP contribution in [0, 0.1) is 0 Å². The fourth-order valence-electron chi connectivity index (χ4n) is 0.971. The minimum absolute atomic E-state index is 0.176. The van der Waals surface area contributed by atoms with Gasteiger partial charge >= 0.3 is 0 Å². The SMILES string of the molecule is O=c1cc(Nn2cccc2)nc[nH]1. The Bertz CT molecular complexity index is 431. The summed E-state index contributed by atoms with van der Waals surface area (Å²) in [5.74, 6) is 0.514. The maximum atomic E-state index is 10.9. The highest BCUT2D eigenvalue weighted by Gasteiger charge is 1.92. The fraction of sp³-hybridized carbons (Fsp3) is 0. The summed E-state index contributed by atoms with van der Waals surface area (Å²) >= 11 is 0. The lowest BCUT2D eigenvalue weighted by molar-refractivity contribution is 0.942. The number of H-pyrrole nitrogens is 1. The number of anilines is 1. The van der Waals surface area contributed by atoms with Gasteiger partial charge in [-0.3, -0.25) is 14.9 Å². The summed E-state index contributed by atoms with van der Waals surface area (Å²) in [7, 11) is 0. The van der Waals surface area contributed by atoms with Crippen molar-refractivity contribution in [1.29, 1.82) is 0 Å². The number of nitrogens with zero attached hydrogens (tertiary/aromatic N) is 2. The monoisotopic (exact) mass is 176 g/mol. The zero-order valence-electron chi connectivity index (χ0n) is 6.77. The second kappa shape index (κ2) is 3.14. The molecule has 0 aliphatic rings. The molecule has 66 valence electrons. The Balaban J connectivity index is 2.24. The van der Waals surface area contributed by atoms with Gasteiger partial charge in [-0.2, -0.15) is 0 Å². The zero-order chi connectivity index (χ0) is 9.10. The van der Waals surface area contributed by atoms with Crippen molar-refractivity contribution >= 4 is 5.82 Å². The first kappa shape index (κ1) is 7.60. The highest BCUT2D eigenvalue weighted by Crippen LogP contribution is 1.96. The summed E-state index contributed by atoms with van der Waals surface area (Å²) in [6.45, 7) is 0. The molecular weight excluding hydrogens is 168 g/mol. The van der Waals surface area contributed by atoms with Gasteiger partial charge in [-0.15, -0.1) is 0 Å². The Morgan fingerprint density at radius 2 is 2.15 bits per heavy atom. The molecule has 0 saturated heterocycles. The topological polar surface area (TPSA) is 62.7 Å². The number of nitrogens with one attached hydrogen (secondary N) is 2. The molecule has 0 unspecified atom stereocenters. The van der Waals surface area contributed by atoms with Gasteiger partial charge < -0.3 is 4.98 Å². The maximum absolute atomic E-state index is 10.9. The van der Waals surface area contributed by atoms with Crippen LogP contribution in [0.2, 0.25) is 0 Å². The molecule has 0 radical (unpaired) electrons. The summed E-state index contributed by atoms with van der Waals surface area (Å²) in [5.41, 5.74) is 2.73. The van der Waals surface area contributed by atoms with Crippen LogP contribution < -0.4 is 11.0 Å². The van der Waals surface area contributed by atoms with Gasteiger partial charge in [0.05, 0.1) is 6.33 Å². The molecule has 2 aromatic heterocycles. The van der Waals surface area contributed by atoms with Crippen LogP contribution in [0.3, 0.4) is 0 Å². The minimum atomic E-state index is -0.176. The van der Waals surface area contributed by atoms with Crippen molar-refractivity contribution in [2.45, 2.75) is 0 Å². The highest BCUT2D eigenvalue weighted by molar-refractivity contribution is 5.31. The van der Waals surface area contributed by atoms with E-state index in [0.717, 1.165) is 0 Å². The van der Waals surface area contributed by atoms with Gasteiger partial charge in [0.25, 0.3) is 5.56 Å². The molecule has 0 saturated carbocycles. The molecule has 2 aromatic rings. The van der Waals surface area contributed by atoms with Gasteiger partial charge in [-0.25, -0.2) is 4.98 Å². The summed E-state index contributed by atoms with van der Waals surface area (Å²) in [4.78, 5) is 17.2. The average molecular weight is 176 g/mol. The van der Waals surface area contributed by atoms with Gasteiger partial charge in [0, 0.05) is 18.5 Å². The largest absolute Gasteiger partial charge is 0.313 e. The lowest BCUT2D eigenvalue weighted by atomic mass is 10.6. The van der Waals surface area contributed by atoms with Crippen LogP contribution in [0.1, 0.15) is 0 Å². The van der Waals surface area contributed by atoms with Crippen LogP contribution in [0.5, 0.6) is 0 Å². The van der Waals surface area contributed by atoms with E-state index in [2.05, 4.69) is 15.4 Å². The maximum Gasteiger partial charge on any atom is 0.252 e. The fourth-order valence-corrected chi connectivity index (χ4v) is 0.971. The van der Waals surface area contributed by atoms with E-state index < -0.39 is 0 Å². The van der Waals surface area contributed by atoms with Gasteiger partial charge in [0.15, 0.2) is 5.82 Å². The molecule has 2 N–H and O–H groups in total. The third-order valence-corrected chi connectivity index (χ3v) is 1.53. The smallest absolute Gasteiger partial charge is 0.252 e. The highest BCUT2D eigenvalue weighted by atomic mass is 16.1. The van der Waals surface area contributed by atoms with Crippen molar-refractivity contribution in [3.8, 4) is 0 Å². The van der Waals surface area contributed by atoms with Crippen molar-refractivity contribution in [3.63, 3.8) is 0 Å². The summed E-state index contributed by atoms with van der Waals surface area (Å²) in [6.07, 6.45) is 5.00. The molecule has 0 amide bonds. The van der Waals surface area contributed by atoms with Gasteiger partial charge in [0.1, 0.15) is 0 Å². The molecule has 0 aliphatic carbocycles. The Hall–Kier alpha value is -2.04. The van der Waals surface area contributed by atoms with Crippen molar-refractivity contribution in [2.75, 3.05) is 5.43 Å². The number of rotatable bonds is 2. The van der Waals surface area contributed by atoms with Crippen LogP contribution in [0.4, 0.5) is 5.82 Å². The van der Waals surface area contributed by atoms with Crippen LogP contribution in [-0.4, -0.2) is 14.6 Å². The number of hydrogen-bond donors (Lipinski definition) is 2. The van der Waals surface area contributed by atoms with Gasteiger partial charge in [-0.1, -0.05) is 0 Å². The van der Waals surface area contributed by atoms with E-state index in [4.69, 9.17) is 0 Å². The third kappa shape index (κ3) is 1.76. The average Bonchev–Trinajstić information content (AvgIpc) is 2.57. The lowest BCUT2D eigenvalue weighted by Gasteiger charge is -2.04. The Morgan fingerprint density at radius 3 is 2.85 bits per heavy atom. The Kier molecular flexibility index (Phi) is 1.84. The van der Waals surface area contributed by atoms with E-state index in [0.29, 0.717) is 5.82 Å². The van der Waals surface area contributed by atoms with Crippen LogP contribution in [0.15, 0.2) is 41.7 Å². The normalized spacial score (nSPS) is 9.85. The number of hydrogen-bond acceptors (Lipinski definition) is 3. The molecule has 0 atom stereocenters. The van der Waals surface area contributed by atoms with E-state index in [-0.39, 0.29) is 5.56 Å². The molecular formula is C8H8N4O. The summed E-state index contributed by atoms with van der Waals surface area (Å²) < 4.78 is 1.71. The second-order valence-corrected chi connectivity index (χ2v) is 2.50. The first-order chi connectivity index (χ1) is 6.34. The zero-order valence-corrected chi connectivity index (χ0v) is 6.77. The van der Waals surface area contributed by atoms with E-state index in [1.54, 1.807) is 4.68 Å². The predicted octanol–water partition coefficient (Wildman–Crippen LogP) is 0.447. The second-order valence-electron chi connectivity index (χ2n) is 2.50. The van der Waals surface area contributed by atoms with Gasteiger partial charge in [-0.05, 0) is 12.1 Å². The van der Waals surface area contributed by atoms with Crippen molar-refractivity contribution in [1.82, 2.24) is 14.6 Å². The van der Waals surface area contributed by atoms with Crippen LogP contribution >= 0.6 is 0 Å². The molecule has 13 heavy (non-hydrogen) atoms. The summed E-state index contributed by atoms with van der Waals surface area (Å²) in [6, 6.07) is 5.14. The molecule has 0 fully saturated rings. The van der Waals surface area contributed by atoms with Crippen molar-refractivity contribution in [2.24, 2.45) is 0 Å². The first-order valence-electron chi connectivity index (χ1n) is 3.79. The predicted molar refractivity (Wildman–Crippen MR) is 48.3 cm³/mol. The Morgan fingerprint density at radius 1 is 1.38 bits per heavy atom. The molecule has 2 heterocycles. The molecule has 5 heteroatoms. The molecule has 0 aromatic carbocycles. The van der Waals surface area contributed by atoms with Crippen molar-refractivity contribution in [3.05, 3.63) is 47.3 Å². The standard InChI is InChI=1S/C8H8N4O/c13-8-5-7(9-6-10-8)11-12-3-1-2-4-12/h1-6H,(H2,9,10,11,13). The van der Waals surface area contributed by atoms with Crippen LogP contribution in [-0.2, 0) is 0 Å².